The van der Waals surface area contributed by atoms with E-state index in [2.05, 4.69) is 39.8 Å². The topological polar surface area (TPSA) is 59.3 Å². The first-order valence-corrected chi connectivity index (χ1v) is 9.77. The number of fused-ring (bicyclic) bond motifs is 1. The quantitative estimate of drug-likeness (QED) is 0.761. The Labute approximate surface area is 151 Å². The van der Waals surface area contributed by atoms with Crippen LogP contribution in [0.4, 0.5) is 0 Å². The summed E-state index contributed by atoms with van der Waals surface area (Å²) >= 11 is 1.60. The zero-order valence-corrected chi connectivity index (χ0v) is 15.2. The smallest absolute Gasteiger partial charge is 0.223 e. The van der Waals surface area contributed by atoms with Crippen LogP contribution in [0.3, 0.4) is 0 Å². The lowest BCUT2D eigenvalue weighted by Gasteiger charge is -2.09. The number of rotatable bonds is 5. The summed E-state index contributed by atoms with van der Waals surface area (Å²) in [6.45, 7) is 2.73. The first-order chi connectivity index (χ1) is 12.2. The van der Waals surface area contributed by atoms with E-state index in [0.717, 1.165) is 41.3 Å². The maximum Gasteiger partial charge on any atom is 0.223 e. The van der Waals surface area contributed by atoms with Gasteiger partial charge in [-0.05, 0) is 25.3 Å². The van der Waals surface area contributed by atoms with Gasteiger partial charge in [0.25, 0.3) is 0 Å². The summed E-state index contributed by atoms with van der Waals surface area (Å²) in [6, 6.07) is 8.16. The van der Waals surface area contributed by atoms with E-state index in [1.165, 1.54) is 18.4 Å². The Morgan fingerprint density at radius 1 is 1.32 bits per heavy atom. The van der Waals surface area contributed by atoms with Crippen molar-refractivity contribution in [3.8, 4) is 11.4 Å². The van der Waals surface area contributed by atoms with Gasteiger partial charge in [-0.1, -0.05) is 37.1 Å². The van der Waals surface area contributed by atoms with Gasteiger partial charge in [0, 0.05) is 29.8 Å². The summed E-state index contributed by atoms with van der Waals surface area (Å²) in [5, 5.41) is 9.84. The van der Waals surface area contributed by atoms with Crippen LogP contribution in [0.5, 0.6) is 0 Å². The summed E-state index contributed by atoms with van der Waals surface area (Å²) in [4.78, 5) is 17.7. The Morgan fingerprint density at radius 3 is 2.92 bits per heavy atom. The molecule has 1 aliphatic rings. The predicted octanol–water partition coefficient (Wildman–Crippen LogP) is 3.62. The molecule has 1 amide bonds. The highest BCUT2D eigenvalue weighted by molar-refractivity contribution is 7.15. The van der Waals surface area contributed by atoms with Crippen LogP contribution in [0.2, 0.25) is 0 Å². The summed E-state index contributed by atoms with van der Waals surface area (Å²) in [5.74, 6) is 1.20. The number of nitrogens with one attached hydrogen (secondary N) is 1. The Morgan fingerprint density at radius 2 is 2.12 bits per heavy atom. The van der Waals surface area contributed by atoms with Gasteiger partial charge < -0.3 is 5.32 Å². The van der Waals surface area contributed by atoms with Crippen LogP contribution < -0.4 is 5.32 Å². The summed E-state index contributed by atoms with van der Waals surface area (Å²) in [7, 11) is 0. The van der Waals surface area contributed by atoms with Gasteiger partial charge in [-0.25, -0.2) is 4.52 Å². The molecule has 0 bridgehead atoms. The highest BCUT2D eigenvalue weighted by Gasteiger charge is 2.22. The molecule has 0 atom stereocenters. The van der Waals surface area contributed by atoms with Crippen LogP contribution in [-0.2, 0) is 11.2 Å². The number of carbonyl (C=O) groups excluding carboxylic acids is 1. The largest absolute Gasteiger partial charge is 0.355 e. The average molecular weight is 354 g/mol. The van der Waals surface area contributed by atoms with E-state index in [4.69, 9.17) is 0 Å². The van der Waals surface area contributed by atoms with Crippen molar-refractivity contribution < 1.29 is 4.79 Å². The average Bonchev–Trinajstić information content (AvgIpc) is 3.33. The van der Waals surface area contributed by atoms with Crippen LogP contribution in [0.1, 0.15) is 36.9 Å². The Balaban J connectivity index is 1.45. The first-order valence-electron chi connectivity index (χ1n) is 8.89. The number of carbonyl (C=O) groups is 1. The fourth-order valence-electron chi connectivity index (χ4n) is 3.48. The van der Waals surface area contributed by atoms with Crippen LogP contribution in [0, 0.1) is 12.8 Å². The van der Waals surface area contributed by atoms with E-state index in [9.17, 15) is 4.79 Å². The fourth-order valence-corrected chi connectivity index (χ4v) is 4.34. The third-order valence-corrected chi connectivity index (χ3v) is 5.81. The number of aromatic nitrogens is 3. The summed E-state index contributed by atoms with van der Waals surface area (Å²) in [5.41, 5.74) is 3.34. The van der Waals surface area contributed by atoms with E-state index >= 15 is 0 Å². The second-order valence-electron chi connectivity index (χ2n) is 6.69. The number of hydrogen-bond donors (Lipinski definition) is 1. The van der Waals surface area contributed by atoms with E-state index < -0.39 is 0 Å². The Hall–Kier alpha value is -2.21. The van der Waals surface area contributed by atoms with Crippen LogP contribution >= 0.6 is 11.3 Å². The number of nitrogens with zero attached hydrogens (tertiary/aromatic N) is 3. The Bertz CT molecular complexity index is 892. The van der Waals surface area contributed by atoms with Crippen molar-refractivity contribution in [2.45, 2.75) is 39.0 Å². The van der Waals surface area contributed by atoms with Gasteiger partial charge in [-0.3, -0.25) is 4.79 Å². The van der Waals surface area contributed by atoms with Crippen molar-refractivity contribution in [1.29, 1.82) is 0 Å². The van der Waals surface area contributed by atoms with Gasteiger partial charge in [-0.15, -0.1) is 16.4 Å². The van der Waals surface area contributed by atoms with Crippen LogP contribution in [0.15, 0.2) is 29.6 Å². The second-order valence-corrected chi connectivity index (χ2v) is 7.53. The minimum atomic E-state index is 0.211. The molecule has 2 aromatic heterocycles. The van der Waals surface area contributed by atoms with E-state index in [0.29, 0.717) is 6.54 Å². The summed E-state index contributed by atoms with van der Waals surface area (Å²) < 4.78 is 1.91. The van der Waals surface area contributed by atoms with Gasteiger partial charge in [0.15, 0.2) is 5.82 Å². The summed E-state index contributed by atoms with van der Waals surface area (Å²) in [6.07, 6.45) is 5.22. The molecule has 1 aromatic carbocycles. The molecule has 1 N–H and O–H groups in total. The lowest BCUT2D eigenvalue weighted by molar-refractivity contribution is -0.124. The van der Waals surface area contributed by atoms with Crippen molar-refractivity contribution in [3.63, 3.8) is 0 Å². The monoisotopic (exact) mass is 354 g/mol. The molecule has 0 aliphatic heterocycles. The second kappa shape index (κ2) is 6.96. The number of thiazole rings is 1. The van der Waals surface area contributed by atoms with E-state index in [1.54, 1.807) is 11.3 Å². The standard InChI is InChI=1S/C19H22N4OS/c1-13-6-2-5-9-16(13)17-21-19-23(22-17)15(12-25-19)10-11-20-18(24)14-7-3-4-8-14/h2,5-6,9,12,14H,3-4,7-8,10-11H2,1H3,(H,20,24). The van der Waals surface area contributed by atoms with Gasteiger partial charge >= 0.3 is 0 Å². The normalized spacial score (nSPS) is 15.1. The number of hydrogen-bond acceptors (Lipinski definition) is 4. The van der Waals surface area contributed by atoms with Crippen LogP contribution in [0.25, 0.3) is 16.3 Å². The lowest BCUT2D eigenvalue weighted by Crippen LogP contribution is -2.31. The molecule has 130 valence electrons. The number of aryl methyl sites for hydroxylation is 1. The first kappa shape index (κ1) is 16.3. The van der Waals surface area contributed by atoms with Gasteiger partial charge in [0.2, 0.25) is 10.9 Å². The number of amides is 1. The lowest BCUT2D eigenvalue weighted by atomic mass is 10.1. The molecule has 6 heteroatoms. The van der Waals surface area contributed by atoms with Gasteiger partial charge in [-0.2, -0.15) is 4.98 Å². The van der Waals surface area contributed by atoms with Crippen molar-refractivity contribution in [1.82, 2.24) is 19.9 Å². The van der Waals surface area contributed by atoms with Crippen molar-refractivity contribution in [2.24, 2.45) is 5.92 Å². The molecule has 3 aromatic rings. The molecule has 1 aliphatic carbocycles. The van der Waals surface area contributed by atoms with Crippen molar-refractivity contribution in [3.05, 3.63) is 40.9 Å². The van der Waals surface area contributed by atoms with Crippen LogP contribution in [-0.4, -0.2) is 27.0 Å². The highest BCUT2D eigenvalue weighted by atomic mass is 32.1. The molecular weight excluding hydrogens is 332 g/mol. The molecule has 0 unspecified atom stereocenters. The minimum Gasteiger partial charge on any atom is -0.355 e. The zero-order chi connectivity index (χ0) is 17.2. The van der Waals surface area contributed by atoms with E-state index in [-0.39, 0.29) is 11.8 Å². The molecule has 0 spiro atoms. The molecule has 1 fully saturated rings. The highest BCUT2D eigenvalue weighted by Crippen LogP contribution is 2.25. The molecule has 2 heterocycles. The Kier molecular flexibility index (Phi) is 4.53. The molecular formula is C19H22N4OS. The van der Waals surface area contributed by atoms with Crippen molar-refractivity contribution in [2.75, 3.05) is 6.54 Å². The maximum atomic E-state index is 12.1. The van der Waals surface area contributed by atoms with Gasteiger partial charge in [0.1, 0.15) is 0 Å². The van der Waals surface area contributed by atoms with Crippen molar-refractivity contribution >= 4 is 22.2 Å². The third-order valence-electron chi connectivity index (χ3n) is 4.94. The maximum absolute atomic E-state index is 12.1. The van der Waals surface area contributed by atoms with E-state index in [1.807, 2.05) is 16.6 Å². The molecule has 25 heavy (non-hydrogen) atoms. The minimum absolute atomic E-state index is 0.211. The SMILES string of the molecule is Cc1ccccc1-c1nc2scc(CCNC(=O)C3CCCC3)n2n1. The molecule has 0 radical (unpaired) electrons. The third kappa shape index (κ3) is 3.31. The number of benzene rings is 1. The molecule has 0 saturated heterocycles. The van der Waals surface area contributed by atoms with Gasteiger partial charge in [0.05, 0.1) is 5.69 Å². The zero-order valence-electron chi connectivity index (χ0n) is 14.4. The molecule has 5 nitrogen and oxygen atoms in total. The molecule has 4 rings (SSSR count). The predicted molar refractivity (Wildman–Crippen MR) is 99.7 cm³/mol. The molecule has 1 saturated carbocycles. The fraction of sp³-hybridized carbons (Fsp3) is 0.421.